The fourth-order valence-corrected chi connectivity index (χ4v) is 1.64. The van der Waals surface area contributed by atoms with Crippen LogP contribution in [-0.2, 0) is 7.05 Å². The molecule has 0 aromatic carbocycles. The van der Waals surface area contributed by atoms with Gasteiger partial charge in [-0.2, -0.15) is 0 Å². The van der Waals surface area contributed by atoms with Crippen LogP contribution >= 0.6 is 0 Å². The SMILES string of the molecule is Cc1ccnc(NC(C)c2nncn2C)c1N. The molecule has 0 saturated carbocycles. The second-order valence-corrected chi connectivity index (χ2v) is 4.06. The van der Waals surface area contributed by atoms with Crippen LogP contribution in [0, 0.1) is 6.92 Å². The lowest BCUT2D eigenvalue weighted by Gasteiger charge is -2.15. The van der Waals surface area contributed by atoms with Gasteiger partial charge in [0, 0.05) is 13.2 Å². The van der Waals surface area contributed by atoms with Gasteiger partial charge in [0.1, 0.15) is 12.1 Å². The summed E-state index contributed by atoms with van der Waals surface area (Å²) >= 11 is 0. The molecule has 90 valence electrons. The summed E-state index contributed by atoms with van der Waals surface area (Å²) in [6.45, 7) is 3.95. The number of anilines is 2. The molecule has 6 heteroatoms. The van der Waals surface area contributed by atoms with Crippen LogP contribution in [0.25, 0.3) is 0 Å². The number of nitrogens with two attached hydrogens (primary N) is 1. The predicted octanol–water partition coefficient (Wildman–Crippen LogP) is 1.27. The molecule has 0 fully saturated rings. The Balaban J connectivity index is 2.22. The highest BCUT2D eigenvalue weighted by atomic mass is 15.3. The van der Waals surface area contributed by atoms with Crippen LogP contribution in [0.15, 0.2) is 18.6 Å². The van der Waals surface area contributed by atoms with Crippen molar-refractivity contribution >= 4 is 11.5 Å². The Morgan fingerprint density at radius 3 is 2.88 bits per heavy atom. The summed E-state index contributed by atoms with van der Waals surface area (Å²) in [4.78, 5) is 4.23. The second kappa shape index (κ2) is 4.40. The molecule has 0 bridgehead atoms. The second-order valence-electron chi connectivity index (χ2n) is 4.06. The lowest BCUT2D eigenvalue weighted by molar-refractivity contribution is 0.717. The monoisotopic (exact) mass is 232 g/mol. The van der Waals surface area contributed by atoms with Gasteiger partial charge in [0.2, 0.25) is 0 Å². The number of hydrogen-bond acceptors (Lipinski definition) is 5. The Morgan fingerprint density at radius 1 is 1.47 bits per heavy atom. The van der Waals surface area contributed by atoms with Gasteiger partial charge in [-0.15, -0.1) is 10.2 Å². The minimum atomic E-state index is -0.000833. The van der Waals surface area contributed by atoms with Crippen molar-refractivity contribution in [1.29, 1.82) is 0 Å². The van der Waals surface area contributed by atoms with Gasteiger partial charge in [0.15, 0.2) is 5.82 Å². The standard InChI is InChI=1S/C11H16N6/c1-7-4-5-13-10(9(7)12)15-8(2)11-16-14-6-17(11)3/h4-6,8H,12H2,1-3H3,(H,13,15). The summed E-state index contributed by atoms with van der Waals surface area (Å²) in [7, 11) is 1.90. The van der Waals surface area contributed by atoms with Crippen LogP contribution in [0.4, 0.5) is 11.5 Å². The molecule has 3 N–H and O–H groups in total. The topological polar surface area (TPSA) is 81.7 Å². The molecule has 2 heterocycles. The first-order valence-corrected chi connectivity index (χ1v) is 5.41. The molecule has 0 aliphatic carbocycles. The van der Waals surface area contributed by atoms with E-state index in [0.717, 1.165) is 11.4 Å². The van der Waals surface area contributed by atoms with Gasteiger partial charge in [0.25, 0.3) is 0 Å². The van der Waals surface area contributed by atoms with E-state index >= 15 is 0 Å². The molecule has 17 heavy (non-hydrogen) atoms. The van der Waals surface area contributed by atoms with E-state index in [2.05, 4.69) is 20.5 Å². The molecule has 0 amide bonds. The summed E-state index contributed by atoms with van der Waals surface area (Å²) in [5, 5.41) is 11.1. The molecule has 2 rings (SSSR count). The third kappa shape index (κ3) is 2.20. The fraction of sp³-hybridized carbons (Fsp3) is 0.364. The summed E-state index contributed by atoms with van der Waals surface area (Å²) in [5.41, 5.74) is 7.63. The van der Waals surface area contributed by atoms with Gasteiger partial charge in [-0.1, -0.05) is 0 Å². The number of aromatic nitrogens is 4. The fourth-order valence-electron chi connectivity index (χ4n) is 1.64. The average molecular weight is 232 g/mol. The first-order chi connectivity index (χ1) is 8.09. The Kier molecular flexibility index (Phi) is 2.95. The third-order valence-corrected chi connectivity index (χ3v) is 2.70. The van der Waals surface area contributed by atoms with Crippen LogP contribution in [0.3, 0.4) is 0 Å². The van der Waals surface area contributed by atoms with Crippen LogP contribution in [-0.4, -0.2) is 19.7 Å². The number of nitrogen functional groups attached to an aromatic ring is 1. The minimum absolute atomic E-state index is 0.000833. The first kappa shape index (κ1) is 11.4. The minimum Gasteiger partial charge on any atom is -0.396 e. The number of rotatable bonds is 3. The highest BCUT2D eigenvalue weighted by molar-refractivity contribution is 5.65. The smallest absolute Gasteiger partial charge is 0.154 e. The van der Waals surface area contributed by atoms with E-state index in [9.17, 15) is 0 Å². The molecule has 2 aromatic heterocycles. The van der Waals surface area contributed by atoms with Gasteiger partial charge < -0.3 is 15.6 Å². The lowest BCUT2D eigenvalue weighted by atomic mass is 10.2. The molecule has 0 spiro atoms. The lowest BCUT2D eigenvalue weighted by Crippen LogP contribution is -2.14. The zero-order valence-corrected chi connectivity index (χ0v) is 10.2. The molecular weight excluding hydrogens is 216 g/mol. The molecule has 0 aliphatic rings. The van der Waals surface area contributed by atoms with Crippen molar-refractivity contribution in [2.75, 3.05) is 11.1 Å². The summed E-state index contributed by atoms with van der Waals surface area (Å²) < 4.78 is 1.86. The zero-order chi connectivity index (χ0) is 12.4. The van der Waals surface area contributed by atoms with Gasteiger partial charge in [-0.25, -0.2) is 4.98 Å². The Bertz CT molecular complexity index is 518. The molecular formula is C11H16N6. The van der Waals surface area contributed by atoms with Crippen LogP contribution in [0.5, 0.6) is 0 Å². The summed E-state index contributed by atoms with van der Waals surface area (Å²) in [6.07, 6.45) is 3.40. The Morgan fingerprint density at radius 2 is 2.24 bits per heavy atom. The highest BCUT2D eigenvalue weighted by Crippen LogP contribution is 2.23. The molecule has 2 aromatic rings. The normalized spacial score (nSPS) is 12.4. The molecule has 6 nitrogen and oxygen atoms in total. The van der Waals surface area contributed by atoms with Gasteiger partial charge >= 0.3 is 0 Å². The molecule has 0 radical (unpaired) electrons. The Hall–Kier alpha value is -2.11. The van der Waals surface area contributed by atoms with E-state index < -0.39 is 0 Å². The summed E-state index contributed by atoms with van der Waals surface area (Å²) in [5.74, 6) is 1.52. The predicted molar refractivity (Wildman–Crippen MR) is 66.4 cm³/mol. The van der Waals surface area contributed by atoms with Gasteiger partial charge in [-0.05, 0) is 25.5 Å². The van der Waals surface area contributed by atoms with Crippen molar-refractivity contribution in [3.05, 3.63) is 30.0 Å². The quantitative estimate of drug-likeness (QED) is 0.833. The summed E-state index contributed by atoms with van der Waals surface area (Å²) in [6, 6.07) is 1.88. The third-order valence-electron chi connectivity index (χ3n) is 2.70. The number of pyridine rings is 1. The number of nitrogens with zero attached hydrogens (tertiary/aromatic N) is 4. The van der Waals surface area contributed by atoms with E-state index in [4.69, 9.17) is 5.73 Å². The van der Waals surface area contributed by atoms with Gasteiger partial charge in [-0.3, -0.25) is 0 Å². The average Bonchev–Trinajstić information content (AvgIpc) is 2.71. The number of hydrogen-bond donors (Lipinski definition) is 2. The van der Waals surface area contributed by atoms with E-state index in [0.29, 0.717) is 11.5 Å². The van der Waals surface area contributed by atoms with Crippen molar-refractivity contribution < 1.29 is 0 Å². The highest BCUT2D eigenvalue weighted by Gasteiger charge is 2.13. The van der Waals surface area contributed by atoms with Crippen molar-refractivity contribution in [3.8, 4) is 0 Å². The number of nitrogens with one attached hydrogen (secondary N) is 1. The largest absolute Gasteiger partial charge is 0.396 e. The Labute approximate surface area is 99.9 Å². The maximum absolute atomic E-state index is 5.95. The molecule has 1 atom stereocenters. The van der Waals surface area contributed by atoms with Gasteiger partial charge in [0.05, 0.1) is 11.7 Å². The van der Waals surface area contributed by atoms with E-state index in [-0.39, 0.29) is 6.04 Å². The number of aryl methyl sites for hydroxylation is 2. The maximum Gasteiger partial charge on any atom is 0.154 e. The van der Waals surface area contributed by atoms with E-state index in [1.165, 1.54) is 0 Å². The van der Waals surface area contributed by atoms with E-state index in [1.807, 2.05) is 31.5 Å². The van der Waals surface area contributed by atoms with Crippen LogP contribution in [0.1, 0.15) is 24.4 Å². The van der Waals surface area contributed by atoms with Crippen molar-refractivity contribution in [3.63, 3.8) is 0 Å². The molecule has 1 unspecified atom stereocenters. The van der Waals surface area contributed by atoms with Crippen LogP contribution < -0.4 is 11.1 Å². The first-order valence-electron chi connectivity index (χ1n) is 5.41. The van der Waals surface area contributed by atoms with Crippen molar-refractivity contribution in [1.82, 2.24) is 19.7 Å². The van der Waals surface area contributed by atoms with Crippen LogP contribution in [0.2, 0.25) is 0 Å². The van der Waals surface area contributed by atoms with Crippen molar-refractivity contribution in [2.45, 2.75) is 19.9 Å². The molecule has 0 saturated heterocycles. The van der Waals surface area contributed by atoms with E-state index in [1.54, 1.807) is 12.5 Å². The zero-order valence-electron chi connectivity index (χ0n) is 10.2. The molecule has 0 aliphatic heterocycles. The maximum atomic E-state index is 5.95. The van der Waals surface area contributed by atoms with Crippen molar-refractivity contribution in [2.24, 2.45) is 7.05 Å².